The molecule has 4 rings (SSSR count). The Morgan fingerprint density at radius 1 is 1.19 bits per heavy atom. The van der Waals surface area contributed by atoms with Crippen LogP contribution in [0.3, 0.4) is 0 Å². The summed E-state index contributed by atoms with van der Waals surface area (Å²) in [5, 5.41) is 10.0. The van der Waals surface area contributed by atoms with E-state index in [0.717, 1.165) is 15.6 Å². The number of benzene rings is 2. The maximum Gasteiger partial charge on any atom is 0.255 e. The highest BCUT2D eigenvalue weighted by Gasteiger charge is 2.20. The Morgan fingerprint density at radius 3 is 2.78 bits per heavy atom. The predicted molar refractivity (Wildman–Crippen MR) is 105 cm³/mol. The average molecular weight is 428 g/mol. The van der Waals surface area contributed by atoms with Crippen molar-refractivity contribution in [2.24, 2.45) is 0 Å². The highest BCUT2D eigenvalue weighted by Crippen LogP contribution is 2.35. The van der Waals surface area contributed by atoms with E-state index in [-0.39, 0.29) is 11.9 Å². The highest BCUT2D eigenvalue weighted by atomic mass is 79.9. The summed E-state index contributed by atoms with van der Waals surface area (Å²) < 4.78 is 12.1. The molecule has 0 fully saturated rings. The van der Waals surface area contributed by atoms with Crippen LogP contribution in [0.25, 0.3) is 11.3 Å². The fourth-order valence-electron chi connectivity index (χ4n) is 3.06. The van der Waals surface area contributed by atoms with Crippen LogP contribution in [0.5, 0.6) is 11.5 Å². The molecule has 2 N–H and O–H groups in total. The largest absolute Gasteiger partial charge is 0.486 e. The number of carbonyl (C=O) groups excluding carboxylic acids is 1. The number of aromatic nitrogens is 2. The maximum absolute atomic E-state index is 12.8. The second-order valence-corrected chi connectivity index (χ2v) is 7.09. The van der Waals surface area contributed by atoms with Gasteiger partial charge in [-0.3, -0.25) is 9.89 Å². The number of hydrogen-bond donors (Lipinski definition) is 2. The van der Waals surface area contributed by atoms with Crippen molar-refractivity contribution in [1.29, 1.82) is 0 Å². The van der Waals surface area contributed by atoms with Gasteiger partial charge in [0.2, 0.25) is 0 Å². The average Bonchev–Trinajstić information content (AvgIpc) is 3.18. The van der Waals surface area contributed by atoms with Gasteiger partial charge in [-0.2, -0.15) is 5.10 Å². The number of H-pyrrole nitrogens is 1. The number of fused-ring (bicyclic) bond motifs is 1. The molecule has 1 aliphatic rings. The monoisotopic (exact) mass is 427 g/mol. The summed E-state index contributed by atoms with van der Waals surface area (Å²) in [6.07, 6.45) is 1.54. The summed E-state index contributed by atoms with van der Waals surface area (Å²) in [7, 11) is 0. The normalized spacial score (nSPS) is 13.9. The van der Waals surface area contributed by atoms with Crippen molar-refractivity contribution in [1.82, 2.24) is 15.5 Å². The Balaban J connectivity index is 1.58. The van der Waals surface area contributed by atoms with Crippen molar-refractivity contribution in [3.05, 3.63) is 64.3 Å². The lowest BCUT2D eigenvalue weighted by atomic mass is 10.1. The number of rotatable bonds is 4. The molecule has 1 atom stereocenters. The van der Waals surface area contributed by atoms with Crippen molar-refractivity contribution in [3.63, 3.8) is 0 Å². The van der Waals surface area contributed by atoms with Gasteiger partial charge in [0.25, 0.3) is 5.91 Å². The van der Waals surface area contributed by atoms with Crippen LogP contribution < -0.4 is 14.8 Å². The van der Waals surface area contributed by atoms with E-state index in [1.54, 1.807) is 0 Å². The Kier molecular flexibility index (Phi) is 4.85. The minimum atomic E-state index is -0.197. The van der Waals surface area contributed by atoms with Gasteiger partial charge in [-0.1, -0.05) is 34.1 Å². The second kappa shape index (κ2) is 7.44. The zero-order valence-corrected chi connectivity index (χ0v) is 16.2. The fourth-order valence-corrected chi connectivity index (χ4v) is 3.68. The van der Waals surface area contributed by atoms with Crippen LogP contribution in [0.15, 0.2) is 53.1 Å². The smallest absolute Gasteiger partial charge is 0.255 e. The molecule has 0 aliphatic carbocycles. The Hall–Kier alpha value is -2.80. The molecule has 2 aromatic carbocycles. The van der Waals surface area contributed by atoms with Crippen molar-refractivity contribution < 1.29 is 14.3 Å². The SMILES string of the molecule is C[C@@H](NC(=O)c1cn[nH]c1-c1ccc2c(c1)OCCO2)c1ccccc1Br. The Bertz CT molecular complexity index is 986. The van der Waals surface area contributed by atoms with Gasteiger partial charge in [0, 0.05) is 10.0 Å². The van der Waals surface area contributed by atoms with E-state index in [1.165, 1.54) is 6.20 Å². The van der Waals surface area contributed by atoms with Crippen LogP contribution in [-0.2, 0) is 0 Å². The first-order valence-electron chi connectivity index (χ1n) is 8.62. The second-order valence-electron chi connectivity index (χ2n) is 6.23. The van der Waals surface area contributed by atoms with Gasteiger partial charge in [0.1, 0.15) is 13.2 Å². The number of nitrogens with one attached hydrogen (secondary N) is 2. The quantitative estimate of drug-likeness (QED) is 0.656. The standard InChI is InChI=1S/C20H18BrN3O3/c1-12(14-4-2-3-5-16(14)21)23-20(25)15-11-22-24-19(15)13-6-7-17-18(10-13)27-9-8-26-17/h2-7,10-12H,8-9H2,1H3,(H,22,24)(H,23,25)/t12-/m1/s1. The molecule has 1 aromatic heterocycles. The van der Waals surface area contributed by atoms with Gasteiger partial charge in [-0.25, -0.2) is 0 Å². The fraction of sp³-hybridized carbons (Fsp3) is 0.200. The minimum absolute atomic E-state index is 0.156. The lowest BCUT2D eigenvalue weighted by Gasteiger charge is -2.19. The van der Waals surface area contributed by atoms with Crippen LogP contribution in [0, 0.1) is 0 Å². The minimum Gasteiger partial charge on any atom is -0.486 e. The van der Waals surface area contributed by atoms with Crippen LogP contribution in [-0.4, -0.2) is 29.3 Å². The first kappa shape index (κ1) is 17.6. The van der Waals surface area contributed by atoms with Crippen LogP contribution in [0.4, 0.5) is 0 Å². The Morgan fingerprint density at radius 2 is 1.96 bits per heavy atom. The van der Waals surface area contributed by atoms with Crippen LogP contribution in [0.2, 0.25) is 0 Å². The zero-order valence-electron chi connectivity index (χ0n) is 14.7. The van der Waals surface area contributed by atoms with Gasteiger partial charge in [0.15, 0.2) is 11.5 Å². The van der Waals surface area contributed by atoms with Crippen molar-refractivity contribution in [2.75, 3.05) is 13.2 Å². The van der Waals surface area contributed by atoms with E-state index >= 15 is 0 Å². The first-order valence-corrected chi connectivity index (χ1v) is 9.41. The third-order valence-electron chi connectivity index (χ3n) is 4.43. The van der Waals surface area contributed by atoms with E-state index < -0.39 is 0 Å². The number of nitrogens with zero attached hydrogens (tertiary/aromatic N) is 1. The van der Waals surface area contributed by atoms with Gasteiger partial charge in [-0.05, 0) is 36.8 Å². The molecule has 0 saturated heterocycles. The molecule has 0 unspecified atom stereocenters. The number of halogens is 1. The molecule has 2 heterocycles. The molecule has 1 amide bonds. The van der Waals surface area contributed by atoms with E-state index in [0.29, 0.717) is 36.0 Å². The van der Waals surface area contributed by atoms with E-state index in [4.69, 9.17) is 9.47 Å². The lowest BCUT2D eigenvalue weighted by Crippen LogP contribution is -2.27. The molecule has 0 radical (unpaired) electrons. The summed E-state index contributed by atoms with van der Waals surface area (Å²) in [4.78, 5) is 12.8. The summed E-state index contributed by atoms with van der Waals surface area (Å²) in [5.41, 5.74) is 2.94. The molecule has 0 spiro atoms. The third-order valence-corrected chi connectivity index (χ3v) is 5.16. The highest BCUT2D eigenvalue weighted by molar-refractivity contribution is 9.10. The van der Waals surface area contributed by atoms with Crippen molar-refractivity contribution >= 4 is 21.8 Å². The van der Waals surface area contributed by atoms with E-state index in [1.807, 2.05) is 49.4 Å². The zero-order chi connectivity index (χ0) is 18.8. The predicted octanol–water partition coefficient (Wildman–Crippen LogP) is 4.10. The molecule has 27 heavy (non-hydrogen) atoms. The topological polar surface area (TPSA) is 76.2 Å². The van der Waals surface area contributed by atoms with Crippen molar-refractivity contribution in [2.45, 2.75) is 13.0 Å². The molecule has 7 heteroatoms. The molecule has 0 saturated carbocycles. The van der Waals surface area contributed by atoms with E-state index in [9.17, 15) is 4.79 Å². The molecule has 6 nitrogen and oxygen atoms in total. The number of hydrogen-bond acceptors (Lipinski definition) is 4. The summed E-state index contributed by atoms with van der Waals surface area (Å²) in [5.74, 6) is 1.18. The number of aromatic amines is 1. The summed E-state index contributed by atoms with van der Waals surface area (Å²) in [6.45, 7) is 3.00. The van der Waals surface area contributed by atoms with Crippen LogP contribution >= 0.6 is 15.9 Å². The molecule has 0 bridgehead atoms. The molecule has 3 aromatic rings. The Labute approximate surface area is 165 Å². The maximum atomic E-state index is 12.8. The van der Waals surface area contributed by atoms with Gasteiger partial charge >= 0.3 is 0 Å². The van der Waals surface area contributed by atoms with Crippen molar-refractivity contribution in [3.8, 4) is 22.8 Å². The lowest BCUT2D eigenvalue weighted by molar-refractivity contribution is 0.0940. The van der Waals surface area contributed by atoms with Gasteiger partial charge in [0.05, 0.1) is 23.5 Å². The summed E-state index contributed by atoms with van der Waals surface area (Å²) >= 11 is 3.53. The first-order chi connectivity index (χ1) is 13.1. The van der Waals surface area contributed by atoms with E-state index in [2.05, 4.69) is 31.4 Å². The third kappa shape index (κ3) is 3.55. The molecule has 138 valence electrons. The number of carbonyl (C=O) groups is 1. The summed E-state index contributed by atoms with van der Waals surface area (Å²) in [6, 6.07) is 13.2. The molecular weight excluding hydrogens is 410 g/mol. The van der Waals surface area contributed by atoms with Crippen LogP contribution in [0.1, 0.15) is 28.9 Å². The molecular formula is C20H18BrN3O3. The van der Waals surface area contributed by atoms with Gasteiger partial charge < -0.3 is 14.8 Å². The molecule has 1 aliphatic heterocycles. The van der Waals surface area contributed by atoms with Gasteiger partial charge in [-0.15, -0.1) is 0 Å². The number of ether oxygens (including phenoxy) is 2. The number of amides is 1.